The minimum Gasteiger partial charge on any atom is -0.255 e. The lowest BCUT2D eigenvalue weighted by Gasteiger charge is -1.74. The van der Waals surface area contributed by atoms with Gasteiger partial charge in [-0.25, -0.2) is 0 Å². The van der Waals surface area contributed by atoms with E-state index >= 15 is 0 Å². The zero-order valence-corrected chi connectivity index (χ0v) is 6.23. The fourth-order valence-electron chi connectivity index (χ4n) is 0.299. The van der Waals surface area contributed by atoms with Gasteiger partial charge in [-0.05, 0) is 0 Å². The van der Waals surface area contributed by atoms with Gasteiger partial charge in [0.1, 0.15) is 0 Å². The summed E-state index contributed by atoms with van der Waals surface area (Å²) in [5.41, 5.74) is 0. The van der Waals surface area contributed by atoms with Crippen LogP contribution in [-0.2, 0) is 10.8 Å². The van der Waals surface area contributed by atoms with Crippen LogP contribution in [0.2, 0.25) is 0 Å². The van der Waals surface area contributed by atoms with Gasteiger partial charge in [-0.2, -0.15) is 0 Å². The van der Waals surface area contributed by atoms with E-state index in [1.807, 2.05) is 0 Å². The first-order valence-corrected chi connectivity index (χ1v) is 4.17. The molecule has 0 fully saturated rings. The van der Waals surface area contributed by atoms with Crippen LogP contribution in [-0.4, -0.2) is 10.5 Å². The molecule has 0 saturated carbocycles. The molecule has 1 atom stereocenters. The summed E-state index contributed by atoms with van der Waals surface area (Å²) in [4.78, 5) is 0. The van der Waals surface area contributed by atoms with E-state index in [-0.39, 0.29) is 0 Å². The van der Waals surface area contributed by atoms with Crippen molar-refractivity contribution >= 4 is 10.8 Å². The van der Waals surface area contributed by atoms with E-state index in [9.17, 15) is 4.21 Å². The third-order valence-electron chi connectivity index (χ3n) is 0.629. The molecule has 0 radical (unpaired) electrons. The van der Waals surface area contributed by atoms with Crippen LogP contribution in [0.4, 0.5) is 0 Å². The zero-order chi connectivity index (χ0) is 7.11. The zero-order valence-electron chi connectivity index (χ0n) is 5.41. The maximum Gasteiger partial charge on any atom is 0.0424 e. The Morgan fingerprint density at radius 2 is 2.00 bits per heavy atom. The molecule has 50 valence electrons. The fourth-order valence-corrected chi connectivity index (χ4v) is 0.611. The first-order chi connectivity index (χ1) is 4.27. The van der Waals surface area contributed by atoms with Crippen molar-refractivity contribution in [2.24, 2.45) is 0 Å². The second-order valence-electron chi connectivity index (χ2n) is 1.45. The number of rotatable bonds is 3. The first kappa shape index (κ1) is 8.37. The molecule has 0 spiro atoms. The van der Waals surface area contributed by atoms with Gasteiger partial charge >= 0.3 is 0 Å². The third kappa shape index (κ3) is 7.37. The molecule has 0 saturated heterocycles. The van der Waals surface area contributed by atoms with Crippen molar-refractivity contribution in [3.8, 4) is 0 Å². The fraction of sp³-hybridized carbons (Fsp3) is 0.143. The second kappa shape index (κ2) is 5.51. The molecule has 2 heteroatoms. The van der Waals surface area contributed by atoms with Gasteiger partial charge in [0.2, 0.25) is 0 Å². The molecule has 0 aromatic rings. The predicted molar refractivity (Wildman–Crippen MR) is 42.5 cm³/mol. The summed E-state index contributed by atoms with van der Waals surface area (Å²) in [5, 5.41) is 1.61. The van der Waals surface area contributed by atoms with Gasteiger partial charge in [0.05, 0.1) is 0 Å². The van der Waals surface area contributed by atoms with Gasteiger partial charge in [-0.15, -0.1) is 0 Å². The van der Waals surface area contributed by atoms with Crippen LogP contribution in [0, 0.1) is 0 Å². The topological polar surface area (TPSA) is 17.1 Å². The minimum atomic E-state index is -0.835. The summed E-state index contributed by atoms with van der Waals surface area (Å²) in [7, 11) is -0.835. The van der Waals surface area contributed by atoms with Crippen molar-refractivity contribution in [3.63, 3.8) is 0 Å². The van der Waals surface area contributed by atoms with Gasteiger partial charge < -0.3 is 0 Å². The molecule has 0 heterocycles. The van der Waals surface area contributed by atoms with Gasteiger partial charge in [0, 0.05) is 22.5 Å². The smallest absolute Gasteiger partial charge is 0.0424 e. The molecule has 0 aromatic heterocycles. The molecule has 1 unspecified atom stereocenters. The summed E-state index contributed by atoms with van der Waals surface area (Å²) in [6.45, 7) is 3.48. The Labute approximate surface area is 58.2 Å². The Kier molecular flexibility index (Phi) is 5.12. The van der Waals surface area contributed by atoms with E-state index < -0.39 is 10.8 Å². The molecule has 0 aliphatic carbocycles. The summed E-state index contributed by atoms with van der Waals surface area (Å²) < 4.78 is 10.4. The van der Waals surface area contributed by atoms with Crippen LogP contribution in [0.15, 0.2) is 36.3 Å². The van der Waals surface area contributed by atoms with Gasteiger partial charge in [-0.1, -0.05) is 30.9 Å². The van der Waals surface area contributed by atoms with Gasteiger partial charge in [0.15, 0.2) is 0 Å². The SMILES string of the molecule is C=C/C=C\C=C\S(C)=O. The van der Waals surface area contributed by atoms with Gasteiger partial charge in [-0.3, -0.25) is 4.21 Å². The van der Waals surface area contributed by atoms with E-state index in [2.05, 4.69) is 6.58 Å². The Hall–Kier alpha value is -0.630. The maximum absolute atomic E-state index is 10.4. The van der Waals surface area contributed by atoms with E-state index in [4.69, 9.17) is 0 Å². The largest absolute Gasteiger partial charge is 0.255 e. The Bertz CT molecular complexity index is 156. The number of hydrogen-bond donors (Lipinski definition) is 0. The highest BCUT2D eigenvalue weighted by Crippen LogP contribution is 1.80. The molecule has 0 aromatic carbocycles. The van der Waals surface area contributed by atoms with Crippen molar-refractivity contribution in [3.05, 3.63) is 36.3 Å². The monoisotopic (exact) mass is 142 g/mol. The van der Waals surface area contributed by atoms with E-state index in [0.29, 0.717) is 0 Å². The predicted octanol–water partition coefficient (Wildman–Crippen LogP) is 1.62. The van der Waals surface area contributed by atoms with Crippen molar-refractivity contribution in [1.29, 1.82) is 0 Å². The Morgan fingerprint density at radius 1 is 1.33 bits per heavy atom. The third-order valence-corrected chi connectivity index (χ3v) is 1.17. The van der Waals surface area contributed by atoms with Crippen molar-refractivity contribution in [1.82, 2.24) is 0 Å². The van der Waals surface area contributed by atoms with Crippen LogP contribution in [0.5, 0.6) is 0 Å². The molecular formula is C7H10OS. The summed E-state index contributed by atoms with van der Waals surface area (Å²) in [6.07, 6.45) is 8.59. The number of hydrogen-bond acceptors (Lipinski definition) is 1. The highest BCUT2D eigenvalue weighted by atomic mass is 32.2. The molecule has 0 aliphatic heterocycles. The molecular weight excluding hydrogens is 132 g/mol. The van der Waals surface area contributed by atoms with Crippen molar-refractivity contribution < 1.29 is 4.21 Å². The van der Waals surface area contributed by atoms with E-state index in [0.717, 1.165) is 0 Å². The lowest BCUT2D eigenvalue weighted by atomic mass is 10.5. The summed E-state index contributed by atoms with van der Waals surface area (Å²) in [6, 6.07) is 0. The van der Waals surface area contributed by atoms with Crippen molar-refractivity contribution in [2.45, 2.75) is 0 Å². The van der Waals surface area contributed by atoms with E-state index in [1.165, 1.54) is 0 Å². The molecule has 0 amide bonds. The van der Waals surface area contributed by atoms with Crippen molar-refractivity contribution in [2.75, 3.05) is 6.26 Å². The van der Waals surface area contributed by atoms with Crippen LogP contribution in [0.25, 0.3) is 0 Å². The average Bonchev–Trinajstić information content (AvgIpc) is 1.80. The highest BCUT2D eigenvalue weighted by molar-refractivity contribution is 7.87. The molecule has 0 N–H and O–H groups in total. The Balaban J connectivity index is 3.59. The lowest BCUT2D eigenvalue weighted by molar-refractivity contribution is 0.691. The number of allylic oxidation sites excluding steroid dienone is 4. The quantitative estimate of drug-likeness (QED) is 0.547. The standard InChI is InChI=1S/C7H10OS/c1-3-4-5-6-7-9(2)8/h3-7H,1H2,2H3/b5-4-,7-6+. The average molecular weight is 142 g/mol. The second-order valence-corrected chi connectivity index (χ2v) is 2.72. The molecule has 9 heavy (non-hydrogen) atoms. The Morgan fingerprint density at radius 3 is 2.44 bits per heavy atom. The normalized spacial score (nSPS) is 14.8. The first-order valence-electron chi connectivity index (χ1n) is 2.55. The minimum absolute atomic E-state index is 0.835. The van der Waals surface area contributed by atoms with Crippen LogP contribution in [0.1, 0.15) is 0 Å². The molecule has 0 bridgehead atoms. The van der Waals surface area contributed by atoms with Crippen LogP contribution < -0.4 is 0 Å². The maximum atomic E-state index is 10.4. The molecule has 1 nitrogen and oxygen atoms in total. The van der Waals surface area contributed by atoms with E-state index in [1.54, 1.807) is 36.0 Å². The lowest BCUT2D eigenvalue weighted by Crippen LogP contribution is -1.71. The summed E-state index contributed by atoms with van der Waals surface area (Å²) >= 11 is 0. The van der Waals surface area contributed by atoms with Crippen LogP contribution in [0.3, 0.4) is 0 Å². The molecule has 0 aliphatic rings. The van der Waals surface area contributed by atoms with Crippen LogP contribution >= 0.6 is 0 Å². The van der Waals surface area contributed by atoms with Gasteiger partial charge in [0.25, 0.3) is 0 Å². The summed E-state index contributed by atoms with van der Waals surface area (Å²) in [5.74, 6) is 0. The highest BCUT2D eigenvalue weighted by Gasteiger charge is 1.71. The molecule has 0 rings (SSSR count).